The summed E-state index contributed by atoms with van der Waals surface area (Å²) in [7, 11) is 1.90. The number of hydrogen-bond donors (Lipinski definition) is 2. The molecule has 2 aliphatic heterocycles. The van der Waals surface area contributed by atoms with E-state index in [4.69, 9.17) is 44.1 Å². The smallest absolute Gasteiger partial charge is 0.397 e. The van der Waals surface area contributed by atoms with Crippen molar-refractivity contribution in [2.75, 3.05) is 0 Å². The van der Waals surface area contributed by atoms with E-state index in [9.17, 15) is 8.42 Å². The predicted molar refractivity (Wildman–Crippen MR) is 179 cm³/mol. The molecule has 0 saturated heterocycles. The highest BCUT2D eigenvalue weighted by Gasteiger charge is 2.24. The summed E-state index contributed by atoms with van der Waals surface area (Å²) in [6, 6.07) is 28.4. The van der Waals surface area contributed by atoms with Gasteiger partial charge in [0.05, 0.1) is 5.39 Å². The van der Waals surface area contributed by atoms with Crippen molar-refractivity contribution in [3.05, 3.63) is 91.0 Å². The minimum atomic E-state index is -3.94. The summed E-state index contributed by atoms with van der Waals surface area (Å²) in [4.78, 5) is 36.3. The zero-order chi connectivity index (χ0) is 31.0. The van der Waals surface area contributed by atoms with Gasteiger partial charge in [0.2, 0.25) is 8.48 Å². The highest BCUT2D eigenvalue weighted by Crippen LogP contribution is 2.38. The number of nitrogens with one attached hydrogen (secondary N) is 2. The first-order valence-corrected chi connectivity index (χ1v) is 19.6. The van der Waals surface area contributed by atoms with Gasteiger partial charge in [-0.3, -0.25) is 0 Å². The molecule has 4 aromatic carbocycles. The lowest BCUT2D eigenvalue weighted by atomic mass is 10.1. The maximum Gasteiger partial charge on any atom is 0.616 e. The molecule has 11 nitrogen and oxygen atoms in total. The van der Waals surface area contributed by atoms with Gasteiger partial charge in [0.1, 0.15) is 22.6 Å². The molecule has 0 radical (unpaired) electrons. The molecule has 2 N–H and O–H groups in total. The first-order chi connectivity index (χ1) is 22.5. The highest BCUT2D eigenvalue weighted by molar-refractivity contribution is 8.16. The molecule has 220 valence electrons. The molecule has 8 bridgehead atoms. The first kappa shape index (κ1) is 27.1. The van der Waals surface area contributed by atoms with Crippen molar-refractivity contribution in [3.63, 3.8) is 0 Å². The predicted octanol–water partition coefficient (Wildman–Crippen LogP) is 6.08. The van der Waals surface area contributed by atoms with Gasteiger partial charge in [-0.1, -0.05) is 84.9 Å². The fourth-order valence-corrected chi connectivity index (χ4v) is 7.26. The van der Waals surface area contributed by atoms with Crippen molar-refractivity contribution in [3.8, 4) is 51.3 Å². The second-order valence-electron chi connectivity index (χ2n) is 10.7. The van der Waals surface area contributed by atoms with Gasteiger partial charge in [-0.15, -0.1) is 0 Å². The van der Waals surface area contributed by atoms with E-state index in [0.717, 1.165) is 33.0 Å². The molecule has 9 rings (SSSR count). The quantitative estimate of drug-likeness (QED) is 0.215. The van der Waals surface area contributed by atoms with Crippen molar-refractivity contribution in [1.82, 2.24) is 39.9 Å². The fraction of sp³-hybridized carbons (Fsp3) is 0. The van der Waals surface area contributed by atoms with E-state index in [1.54, 1.807) is 12.1 Å². The third-order valence-electron chi connectivity index (χ3n) is 7.89. The van der Waals surface area contributed by atoms with Gasteiger partial charge in [-0.05, 0) is 6.07 Å². The Balaban J connectivity index is 1.48. The van der Waals surface area contributed by atoms with E-state index >= 15 is 0 Å². The number of aromatic nitrogens is 8. The second-order valence-corrected chi connectivity index (χ2v) is 16.9. The van der Waals surface area contributed by atoms with Crippen LogP contribution in [0.5, 0.6) is 5.75 Å². The maximum atomic E-state index is 12.6. The third-order valence-corrected chi connectivity index (χ3v) is 12.2. The molecule has 0 amide bonds. The summed E-state index contributed by atoms with van der Waals surface area (Å²) in [6.45, 7) is 0. The molecule has 0 atom stereocenters. The van der Waals surface area contributed by atoms with Crippen LogP contribution in [0.15, 0.2) is 91.0 Å². The number of hydrogen-bond acceptors (Lipinski definition) is 9. The van der Waals surface area contributed by atoms with Crippen molar-refractivity contribution in [1.29, 1.82) is 0 Å². The molecular weight excluding hydrogens is 639 g/mol. The Kier molecular flexibility index (Phi) is 6.00. The molecule has 0 spiro atoms. The molecule has 46 heavy (non-hydrogen) atoms. The first-order valence-electron chi connectivity index (χ1n) is 14.2. The Morgan fingerprint density at radius 1 is 0.522 bits per heavy atom. The number of benzene rings is 4. The van der Waals surface area contributed by atoms with Crippen LogP contribution in [0.3, 0.4) is 0 Å². The van der Waals surface area contributed by atoms with E-state index in [-0.39, 0.29) is 5.75 Å². The lowest BCUT2D eigenvalue weighted by molar-refractivity contribution is 0.506. The summed E-state index contributed by atoms with van der Waals surface area (Å²) in [6.07, 6.45) is 0. The van der Waals surface area contributed by atoms with E-state index in [0.29, 0.717) is 56.7 Å². The summed E-state index contributed by atoms with van der Waals surface area (Å²) in [5.41, 5.74) is 5.10. The third kappa shape index (κ3) is 4.28. The molecule has 0 unspecified atom stereocenters. The van der Waals surface area contributed by atoms with Crippen molar-refractivity contribution in [2.24, 2.45) is 0 Å². The zero-order valence-electron chi connectivity index (χ0n) is 23.6. The van der Waals surface area contributed by atoms with Crippen LogP contribution in [0.1, 0.15) is 0 Å². The Morgan fingerprint density at radius 2 is 0.935 bits per heavy atom. The van der Waals surface area contributed by atoms with Gasteiger partial charge < -0.3 is 14.2 Å². The van der Waals surface area contributed by atoms with Gasteiger partial charge in [-0.2, -0.15) is 0 Å². The number of rotatable bonds is 3. The van der Waals surface area contributed by atoms with Gasteiger partial charge in [0.25, 0.3) is 0 Å². The van der Waals surface area contributed by atoms with Crippen LogP contribution in [0, 0.1) is 0 Å². The van der Waals surface area contributed by atoms with Gasteiger partial charge in [-0.25, -0.2) is 48.4 Å². The summed E-state index contributed by atoms with van der Waals surface area (Å²) in [5, 5.41) is 2.76. The molecular formula is C32H18AlClN8O3S. The lowest BCUT2D eigenvalue weighted by Crippen LogP contribution is -2.12. The number of fused-ring (bicyclic) bond motifs is 20. The van der Waals surface area contributed by atoms with Crippen LogP contribution in [-0.2, 0) is 8.48 Å². The van der Waals surface area contributed by atoms with Gasteiger partial charge in [0, 0.05) is 38.4 Å². The summed E-state index contributed by atoms with van der Waals surface area (Å²) >= 11 is -2.05. The lowest BCUT2D eigenvalue weighted by Gasteiger charge is -2.05. The fourth-order valence-electron chi connectivity index (χ4n) is 5.89. The van der Waals surface area contributed by atoms with Crippen LogP contribution >= 0.6 is 10.0 Å². The number of nitrogens with zero attached hydrogens (tertiary/aromatic N) is 6. The highest BCUT2D eigenvalue weighted by atomic mass is 35.6. The monoisotopic (exact) mass is 656 g/mol. The molecule has 0 saturated carbocycles. The van der Waals surface area contributed by atoms with E-state index < -0.39 is 21.7 Å². The SMILES string of the molecule is O=[S](=O)(Oc1cccc2c3nc4nc(nc5[nH]c(nc6nc(nc([nH]3)c12)-c1ccccc1-6)c1ccccc51)-c1ccccc1-4)[AlH][Cl]. The molecule has 7 aromatic rings. The number of aromatic amines is 2. The molecule has 2 aliphatic rings. The van der Waals surface area contributed by atoms with Gasteiger partial charge >= 0.3 is 13.2 Å². The van der Waals surface area contributed by atoms with Crippen LogP contribution in [0.4, 0.5) is 0 Å². The van der Waals surface area contributed by atoms with Crippen LogP contribution in [-0.4, -0.2) is 61.5 Å². The van der Waals surface area contributed by atoms with E-state index in [2.05, 4.69) is 9.97 Å². The summed E-state index contributed by atoms with van der Waals surface area (Å²) in [5.74, 6) is 1.86. The van der Waals surface area contributed by atoms with Crippen molar-refractivity contribution < 1.29 is 12.6 Å². The number of H-pyrrole nitrogens is 2. The zero-order valence-corrected chi connectivity index (χ0v) is 26.5. The molecule has 14 heteroatoms. The Labute approximate surface area is 269 Å². The summed E-state index contributed by atoms with van der Waals surface area (Å²) < 4.78 is 30.6. The average Bonchev–Trinajstić information content (AvgIpc) is 3.81. The Bertz CT molecular complexity index is 2710. The largest absolute Gasteiger partial charge is 0.616 e. The standard InChI is InChI=1S/C32H17N8O3S.Al.ClH.H/c41-44(42)43-23-15-7-14-22-24(23)32-39-30-21-13-6-5-12-20(21)28(37-30)35-26-17-9-2-1-8-16(17)25(33-26)34-27-18-10-3-4-11-19(18)29(36-27)38-31(22)40-32;;;/h1-15H,(H2,33,34,35,36,37,38,39,40);;1H;/q;+1;;/p-1. The van der Waals surface area contributed by atoms with Crippen molar-refractivity contribution >= 4 is 75.8 Å². The maximum absolute atomic E-state index is 12.6. The normalized spacial score (nSPS) is 12.2. The van der Waals surface area contributed by atoms with Crippen molar-refractivity contribution in [2.45, 2.75) is 0 Å². The Morgan fingerprint density at radius 3 is 1.43 bits per heavy atom. The van der Waals surface area contributed by atoms with Crippen LogP contribution in [0.25, 0.3) is 89.7 Å². The molecule has 0 fully saturated rings. The Hall–Kier alpha value is -5.19. The average molecular weight is 657 g/mol. The van der Waals surface area contributed by atoms with Crippen LogP contribution in [0.2, 0.25) is 0 Å². The molecule has 5 heterocycles. The second kappa shape index (κ2) is 10.2. The molecule has 0 aliphatic carbocycles. The number of halogens is 1. The minimum Gasteiger partial charge on any atom is -0.397 e. The van der Waals surface area contributed by atoms with Crippen LogP contribution < -0.4 is 4.18 Å². The molecule has 3 aromatic heterocycles. The minimum absolute atomic E-state index is 0.0851. The van der Waals surface area contributed by atoms with E-state index in [1.165, 1.54) is 0 Å². The van der Waals surface area contributed by atoms with E-state index in [1.807, 2.05) is 78.9 Å². The topological polar surface area (TPSA) is 152 Å². The van der Waals surface area contributed by atoms with Gasteiger partial charge in [0.15, 0.2) is 29.0 Å².